The Bertz CT molecular complexity index is 1320. The molecule has 2 saturated heterocycles. The highest BCUT2D eigenvalue weighted by atomic mass is 32.2. The number of amides is 4. The number of thioether (sulfide) groups is 1. The van der Waals surface area contributed by atoms with Crippen LogP contribution in [0.5, 0.6) is 11.6 Å². The molecule has 11 nitrogen and oxygen atoms in total. The van der Waals surface area contributed by atoms with Gasteiger partial charge in [0.1, 0.15) is 5.75 Å². The fourth-order valence-electron chi connectivity index (χ4n) is 5.76. The van der Waals surface area contributed by atoms with E-state index in [1.54, 1.807) is 4.90 Å². The van der Waals surface area contributed by atoms with Crippen LogP contribution >= 0.6 is 11.8 Å². The van der Waals surface area contributed by atoms with Crippen molar-refractivity contribution in [1.82, 2.24) is 31.2 Å². The number of carbonyl (C=O) groups is 3. The van der Waals surface area contributed by atoms with Gasteiger partial charge < -0.3 is 26.0 Å². The van der Waals surface area contributed by atoms with Crippen molar-refractivity contribution in [2.75, 3.05) is 11.4 Å². The highest BCUT2D eigenvalue weighted by molar-refractivity contribution is 8.04. The van der Waals surface area contributed by atoms with E-state index in [2.05, 4.69) is 37.8 Å². The molecule has 0 radical (unpaired) electrons. The fourth-order valence-corrected chi connectivity index (χ4v) is 7.16. The summed E-state index contributed by atoms with van der Waals surface area (Å²) in [4.78, 5) is 49.7. The summed E-state index contributed by atoms with van der Waals surface area (Å²) in [5.41, 5.74) is 0.641. The number of aromatic nitrogens is 2. The zero-order chi connectivity index (χ0) is 26.9. The van der Waals surface area contributed by atoms with Crippen LogP contribution in [0.15, 0.2) is 66.0 Å². The van der Waals surface area contributed by atoms with E-state index >= 15 is 0 Å². The van der Waals surface area contributed by atoms with E-state index in [0.717, 1.165) is 19.3 Å². The minimum Gasteiger partial charge on any atom is -0.438 e. The van der Waals surface area contributed by atoms with Gasteiger partial charge >= 0.3 is 6.03 Å². The van der Waals surface area contributed by atoms with Crippen molar-refractivity contribution in [2.24, 2.45) is 5.92 Å². The molecule has 2 aromatic rings. The number of piperidine rings is 1. The first kappa shape index (κ1) is 25.4. The molecule has 1 aromatic heterocycles. The van der Waals surface area contributed by atoms with Crippen LogP contribution in [-0.2, 0) is 9.59 Å². The third-order valence-corrected chi connectivity index (χ3v) is 8.87. The minimum absolute atomic E-state index is 0.0592. The van der Waals surface area contributed by atoms with Crippen LogP contribution in [-0.4, -0.2) is 57.9 Å². The fraction of sp³-hybridized carbons (Fsp3) is 0.370. The van der Waals surface area contributed by atoms with E-state index in [1.807, 2.05) is 30.3 Å². The molecule has 1 aromatic carbocycles. The molecule has 39 heavy (non-hydrogen) atoms. The third-order valence-electron chi connectivity index (χ3n) is 7.52. The number of hydrogen-bond donors (Lipinski definition) is 4. The van der Waals surface area contributed by atoms with Gasteiger partial charge in [0.15, 0.2) is 5.82 Å². The summed E-state index contributed by atoms with van der Waals surface area (Å²) in [6.45, 7) is 4.21. The Kier molecular flexibility index (Phi) is 6.96. The van der Waals surface area contributed by atoms with Crippen LogP contribution in [0.25, 0.3) is 0 Å². The number of urea groups is 1. The molecular formula is C27H29N7O4S. The average molecular weight is 548 g/mol. The van der Waals surface area contributed by atoms with Crippen molar-refractivity contribution in [3.8, 4) is 11.6 Å². The number of benzene rings is 1. The van der Waals surface area contributed by atoms with Gasteiger partial charge in [-0.25, -0.2) is 14.8 Å². The van der Waals surface area contributed by atoms with Gasteiger partial charge in [-0.15, -0.1) is 0 Å². The highest BCUT2D eigenvalue weighted by Gasteiger charge is 2.52. The highest BCUT2D eigenvalue weighted by Crippen LogP contribution is 2.47. The first-order valence-corrected chi connectivity index (χ1v) is 13.9. The summed E-state index contributed by atoms with van der Waals surface area (Å²) in [6, 6.07) is 8.44. The maximum absolute atomic E-state index is 13.4. The number of rotatable bonds is 7. The molecule has 12 heteroatoms. The molecule has 202 valence electrons. The second-order valence-corrected chi connectivity index (χ2v) is 11.0. The Morgan fingerprint density at radius 3 is 2.64 bits per heavy atom. The zero-order valence-electron chi connectivity index (χ0n) is 21.1. The summed E-state index contributed by atoms with van der Waals surface area (Å²) in [6.07, 6.45) is 7.46. The van der Waals surface area contributed by atoms with E-state index in [4.69, 9.17) is 4.74 Å². The summed E-state index contributed by atoms with van der Waals surface area (Å²) in [5.74, 6) is 0.809. The van der Waals surface area contributed by atoms with Crippen LogP contribution in [0.1, 0.15) is 25.7 Å². The number of nitrogens with one attached hydrogen (secondary N) is 4. The Hall–Kier alpha value is -3.90. The molecular weight excluding hydrogens is 518 g/mol. The molecule has 1 aliphatic carbocycles. The van der Waals surface area contributed by atoms with Gasteiger partial charge in [0.05, 0.1) is 28.7 Å². The van der Waals surface area contributed by atoms with E-state index < -0.39 is 0 Å². The van der Waals surface area contributed by atoms with Gasteiger partial charge in [-0.2, -0.15) is 0 Å². The van der Waals surface area contributed by atoms with Gasteiger partial charge in [0.25, 0.3) is 5.91 Å². The Morgan fingerprint density at radius 2 is 1.90 bits per heavy atom. The van der Waals surface area contributed by atoms with E-state index in [-0.39, 0.29) is 47.3 Å². The number of ether oxygens (including phenoxy) is 1. The molecule has 3 fully saturated rings. The second kappa shape index (κ2) is 10.7. The minimum atomic E-state index is -0.345. The predicted molar refractivity (Wildman–Crippen MR) is 146 cm³/mol. The normalized spacial score (nSPS) is 27.4. The third kappa shape index (κ3) is 4.97. The van der Waals surface area contributed by atoms with Crippen LogP contribution < -0.4 is 30.9 Å². The van der Waals surface area contributed by atoms with Crippen molar-refractivity contribution >= 4 is 35.4 Å². The molecule has 4 amide bonds. The maximum Gasteiger partial charge on any atom is 0.327 e. The first-order chi connectivity index (χ1) is 19.0. The zero-order valence-corrected chi connectivity index (χ0v) is 21.9. The number of para-hydroxylation sites is 1. The van der Waals surface area contributed by atoms with E-state index in [0.29, 0.717) is 41.0 Å². The smallest absolute Gasteiger partial charge is 0.327 e. The van der Waals surface area contributed by atoms with Crippen LogP contribution in [0.3, 0.4) is 0 Å². The van der Waals surface area contributed by atoms with Crippen molar-refractivity contribution in [3.05, 3.63) is 66.0 Å². The molecule has 0 bridgehead atoms. The lowest BCUT2D eigenvalue weighted by atomic mass is 9.87. The summed E-state index contributed by atoms with van der Waals surface area (Å²) < 4.78 is 5.74. The number of carbonyl (C=O) groups excluding carboxylic acids is 3. The summed E-state index contributed by atoms with van der Waals surface area (Å²) in [7, 11) is 0. The Balaban J connectivity index is 1.20. The Labute approximate surface area is 229 Å². The molecule has 5 atom stereocenters. The van der Waals surface area contributed by atoms with Crippen molar-refractivity contribution < 1.29 is 19.1 Å². The van der Waals surface area contributed by atoms with Crippen molar-refractivity contribution in [2.45, 2.75) is 49.2 Å². The molecule has 4 aliphatic rings. The largest absolute Gasteiger partial charge is 0.438 e. The molecule has 1 saturated carbocycles. The second-order valence-electron chi connectivity index (χ2n) is 9.88. The standard InChI is InChI=1S/C27H29N7O4S/c1-2-20(35)31-16-9-6-10-17(16)32-25(36)24-23-22-18(11-12-28-26(22)39-24)34(27(37)33-23)19-13-30-21(14-29-19)38-15-7-4-3-5-8-15/h2-5,7-8,13-14,16-18,22,26,28H,1,6,9-12H2,(H,31,35)(H,32,36)(H,33,37)/t16-,17+,18?,22?,26?/m0/s1. The quantitative estimate of drug-likeness (QED) is 0.388. The van der Waals surface area contributed by atoms with Crippen LogP contribution in [0, 0.1) is 5.92 Å². The van der Waals surface area contributed by atoms with E-state index in [9.17, 15) is 14.4 Å². The monoisotopic (exact) mass is 547 g/mol. The van der Waals surface area contributed by atoms with Crippen LogP contribution in [0.2, 0.25) is 0 Å². The van der Waals surface area contributed by atoms with E-state index in [1.165, 1.54) is 30.2 Å². The Morgan fingerprint density at radius 1 is 1.10 bits per heavy atom. The first-order valence-electron chi connectivity index (χ1n) is 13.0. The maximum atomic E-state index is 13.4. The van der Waals surface area contributed by atoms with Crippen molar-refractivity contribution in [1.29, 1.82) is 0 Å². The van der Waals surface area contributed by atoms with Gasteiger partial charge in [0.2, 0.25) is 11.8 Å². The molecule has 6 rings (SSSR count). The molecule has 4 heterocycles. The molecule has 4 N–H and O–H groups in total. The van der Waals surface area contributed by atoms with Gasteiger partial charge in [-0.3, -0.25) is 14.5 Å². The molecule has 3 unspecified atom stereocenters. The number of anilines is 1. The average Bonchev–Trinajstić information content (AvgIpc) is 3.54. The SMILES string of the molecule is C=CC(=O)N[C@H]1CCC[C@H]1NC(=O)C1=C2NC(=O)N(c3cnc(Oc4ccccc4)cn3)C3CCNC(S1)C23. The van der Waals surface area contributed by atoms with Gasteiger partial charge in [0, 0.05) is 23.7 Å². The number of hydrogen-bond acceptors (Lipinski definition) is 8. The molecule has 3 aliphatic heterocycles. The lowest BCUT2D eigenvalue weighted by molar-refractivity contribution is -0.119. The molecule has 0 spiro atoms. The predicted octanol–water partition coefficient (Wildman–Crippen LogP) is 2.40. The van der Waals surface area contributed by atoms with Gasteiger partial charge in [-0.05, 0) is 50.4 Å². The lowest BCUT2D eigenvalue weighted by Gasteiger charge is -2.45. The van der Waals surface area contributed by atoms with Gasteiger partial charge in [-0.1, -0.05) is 36.5 Å². The van der Waals surface area contributed by atoms with Crippen LogP contribution in [0.4, 0.5) is 10.6 Å². The van der Waals surface area contributed by atoms with Crippen molar-refractivity contribution in [3.63, 3.8) is 0 Å². The lowest BCUT2D eigenvalue weighted by Crippen LogP contribution is -2.62. The number of nitrogens with zero attached hydrogens (tertiary/aromatic N) is 3. The summed E-state index contributed by atoms with van der Waals surface area (Å²) in [5, 5.41) is 12.4. The summed E-state index contributed by atoms with van der Waals surface area (Å²) >= 11 is 1.44. The topological polar surface area (TPSA) is 138 Å².